The first-order valence-electron chi connectivity index (χ1n) is 6.81. The van der Waals surface area contributed by atoms with Gasteiger partial charge in [0, 0.05) is 18.2 Å². The molecule has 0 aromatic heterocycles. The smallest absolute Gasteiger partial charge is 0.420 e. The zero-order valence-electron chi connectivity index (χ0n) is 12.6. The molecule has 1 amide bonds. The average molecular weight is 376 g/mol. The number of anilines is 1. The number of carbonyl (C=O) groups is 1. The number of hydrogen-bond acceptors (Lipinski definition) is 4. The molecule has 6 nitrogen and oxygen atoms in total. The summed E-state index contributed by atoms with van der Waals surface area (Å²) in [4.78, 5) is 21.2. The van der Waals surface area contributed by atoms with Gasteiger partial charge in [-0.05, 0) is 18.2 Å². The Morgan fingerprint density at radius 1 is 1.15 bits per heavy atom. The molecule has 0 aliphatic heterocycles. The fourth-order valence-electron chi connectivity index (χ4n) is 1.90. The summed E-state index contributed by atoms with van der Waals surface area (Å²) in [5.74, 6) is -3.66. The van der Waals surface area contributed by atoms with Crippen molar-refractivity contribution in [1.29, 1.82) is 0 Å². The number of hydrogen-bond donors (Lipinski definition) is 1. The normalized spacial score (nSPS) is 11.1. The van der Waals surface area contributed by atoms with Crippen molar-refractivity contribution in [2.75, 3.05) is 11.9 Å². The number of nitro benzene ring substituents is 1. The van der Waals surface area contributed by atoms with E-state index in [2.05, 4.69) is 0 Å². The largest absolute Gasteiger partial charge is 0.483 e. The SMILES string of the molecule is O=C(COc1ccc([N+](=O)[O-])cc1C(F)(F)F)Nc1cc(F)ccc1F. The molecule has 0 heterocycles. The Labute approximate surface area is 142 Å². The molecule has 0 spiro atoms. The second-order valence-electron chi connectivity index (χ2n) is 4.90. The third-order valence-electron chi connectivity index (χ3n) is 3.04. The molecule has 0 bridgehead atoms. The number of ether oxygens (including phenoxy) is 1. The Morgan fingerprint density at radius 2 is 1.85 bits per heavy atom. The predicted octanol–water partition coefficient (Wildman–Crippen LogP) is 3.91. The molecule has 138 valence electrons. The van der Waals surface area contributed by atoms with Gasteiger partial charge in [0.15, 0.2) is 6.61 Å². The Kier molecular flexibility index (Phi) is 5.38. The van der Waals surface area contributed by atoms with Gasteiger partial charge in [-0.15, -0.1) is 0 Å². The van der Waals surface area contributed by atoms with Gasteiger partial charge >= 0.3 is 6.18 Å². The zero-order valence-corrected chi connectivity index (χ0v) is 12.6. The molecule has 0 aliphatic carbocycles. The second-order valence-corrected chi connectivity index (χ2v) is 4.90. The first kappa shape index (κ1) is 19.1. The lowest BCUT2D eigenvalue weighted by atomic mass is 10.1. The first-order valence-corrected chi connectivity index (χ1v) is 6.81. The van der Waals surface area contributed by atoms with Crippen LogP contribution in [0.2, 0.25) is 0 Å². The van der Waals surface area contributed by atoms with E-state index in [1.165, 1.54) is 0 Å². The Balaban J connectivity index is 2.14. The highest BCUT2D eigenvalue weighted by molar-refractivity contribution is 5.92. The molecule has 0 unspecified atom stereocenters. The number of nitro groups is 1. The van der Waals surface area contributed by atoms with E-state index in [4.69, 9.17) is 4.74 Å². The van der Waals surface area contributed by atoms with Gasteiger partial charge < -0.3 is 10.1 Å². The highest BCUT2D eigenvalue weighted by atomic mass is 19.4. The highest BCUT2D eigenvalue weighted by Crippen LogP contribution is 2.38. The molecule has 2 aromatic rings. The average Bonchev–Trinajstić information content (AvgIpc) is 2.55. The van der Waals surface area contributed by atoms with Crippen LogP contribution in [-0.4, -0.2) is 17.4 Å². The van der Waals surface area contributed by atoms with Gasteiger partial charge in [0.25, 0.3) is 11.6 Å². The van der Waals surface area contributed by atoms with Gasteiger partial charge in [-0.2, -0.15) is 13.2 Å². The lowest BCUT2D eigenvalue weighted by Gasteiger charge is -2.14. The van der Waals surface area contributed by atoms with Gasteiger partial charge in [0.2, 0.25) is 0 Å². The van der Waals surface area contributed by atoms with E-state index in [1.807, 2.05) is 5.32 Å². The van der Waals surface area contributed by atoms with E-state index in [9.17, 15) is 36.9 Å². The molecule has 0 fully saturated rings. The van der Waals surface area contributed by atoms with E-state index in [-0.39, 0.29) is 6.07 Å². The fourth-order valence-corrected chi connectivity index (χ4v) is 1.90. The molecule has 0 aliphatic rings. The van der Waals surface area contributed by atoms with Crippen molar-refractivity contribution in [3.05, 3.63) is 63.7 Å². The van der Waals surface area contributed by atoms with Crippen molar-refractivity contribution in [3.63, 3.8) is 0 Å². The maximum absolute atomic E-state index is 13.4. The number of nitrogens with one attached hydrogen (secondary N) is 1. The van der Waals surface area contributed by atoms with Crippen molar-refractivity contribution in [2.45, 2.75) is 6.18 Å². The zero-order chi connectivity index (χ0) is 19.5. The minimum Gasteiger partial charge on any atom is -0.483 e. The van der Waals surface area contributed by atoms with Crippen LogP contribution in [0, 0.1) is 21.7 Å². The summed E-state index contributed by atoms with van der Waals surface area (Å²) in [7, 11) is 0. The van der Waals surface area contributed by atoms with Crippen molar-refractivity contribution >= 4 is 17.3 Å². The highest BCUT2D eigenvalue weighted by Gasteiger charge is 2.36. The third-order valence-corrected chi connectivity index (χ3v) is 3.04. The summed E-state index contributed by atoms with van der Waals surface area (Å²) >= 11 is 0. The summed E-state index contributed by atoms with van der Waals surface area (Å²) in [6.07, 6.45) is -4.97. The lowest BCUT2D eigenvalue weighted by Crippen LogP contribution is -2.22. The molecule has 26 heavy (non-hydrogen) atoms. The Morgan fingerprint density at radius 3 is 2.46 bits per heavy atom. The lowest BCUT2D eigenvalue weighted by molar-refractivity contribution is -0.385. The van der Waals surface area contributed by atoms with Gasteiger partial charge in [-0.25, -0.2) is 8.78 Å². The van der Waals surface area contributed by atoms with Crippen LogP contribution >= 0.6 is 0 Å². The van der Waals surface area contributed by atoms with Crippen LogP contribution in [0.5, 0.6) is 5.75 Å². The standard InChI is InChI=1S/C15H9F5N2O4/c16-8-1-3-11(17)12(5-8)21-14(23)7-26-13-4-2-9(22(24)25)6-10(13)15(18,19)20/h1-6H,7H2,(H,21,23). The monoisotopic (exact) mass is 376 g/mol. The van der Waals surface area contributed by atoms with Gasteiger partial charge in [0.1, 0.15) is 22.9 Å². The first-order chi connectivity index (χ1) is 12.1. The second kappa shape index (κ2) is 7.33. The molecule has 2 rings (SSSR count). The van der Waals surface area contributed by atoms with E-state index >= 15 is 0 Å². The molecule has 2 aromatic carbocycles. The van der Waals surface area contributed by atoms with Crippen LogP contribution < -0.4 is 10.1 Å². The summed E-state index contributed by atoms with van der Waals surface area (Å²) in [5.41, 5.74) is -2.77. The molecular weight excluding hydrogens is 367 g/mol. The van der Waals surface area contributed by atoms with Crippen LogP contribution in [-0.2, 0) is 11.0 Å². The molecule has 0 saturated carbocycles. The van der Waals surface area contributed by atoms with Crippen LogP contribution in [0.15, 0.2) is 36.4 Å². The minimum absolute atomic E-state index is 0.263. The molecular formula is C15H9F5N2O4. The number of nitrogens with zero attached hydrogens (tertiary/aromatic N) is 1. The van der Waals surface area contributed by atoms with Crippen LogP contribution in [0.25, 0.3) is 0 Å². The maximum atomic E-state index is 13.4. The topological polar surface area (TPSA) is 81.5 Å². The summed E-state index contributed by atoms with van der Waals surface area (Å²) in [6.45, 7) is -0.961. The molecule has 1 N–H and O–H groups in total. The number of amides is 1. The molecule has 11 heteroatoms. The number of halogens is 5. The van der Waals surface area contributed by atoms with Gasteiger partial charge in [-0.3, -0.25) is 14.9 Å². The van der Waals surface area contributed by atoms with E-state index in [0.717, 1.165) is 18.2 Å². The summed E-state index contributed by atoms with van der Waals surface area (Å²) in [6, 6.07) is 3.98. The van der Waals surface area contributed by atoms with Crippen LogP contribution in [0.3, 0.4) is 0 Å². The molecule has 0 radical (unpaired) electrons. The van der Waals surface area contributed by atoms with Crippen LogP contribution in [0.1, 0.15) is 5.56 Å². The van der Waals surface area contributed by atoms with Gasteiger partial charge in [-0.1, -0.05) is 0 Å². The van der Waals surface area contributed by atoms with E-state index < -0.39 is 57.9 Å². The number of carbonyl (C=O) groups excluding carboxylic acids is 1. The number of non-ortho nitro benzene ring substituents is 1. The Hall–Kier alpha value is -3.24. The van der Waals surface area contributed by atoms with Gasteiger partial charge in [0.05, 0.1) is 10.6 Å². The number of benzene rings is 2. The predicted molar refractivity (Wildman–Crippen MR) is 78.6 cm³/mol. The summed E-state index contributed by atoms with van der Waals surface area (Å²) in [5, 5.41) is 12.5. The molecule has 0 atom stereocenters. The number of alkyl halides is 3. The molecule has 0 saturated heterocycles. The fraction of sp³-hybridized carbons (Fsp3) is 0.133. The van der Waals surface area contributed by atoms with Crippen molar-refractivity contribution in [3.8, 4) is 5.75 Å². The third kappa shape index (κ3) is 4.65. The van der Waals surface area contributed by atoms with Crippen molar-refractivity contribution < 1.29 is 36.4 Å². The van der Waals surface area contributed by atoms with E-state index in [1.54, 1.807) is 0 Å². The maximum Gasteiger partial charge on any atom is 0.420 e. The number of rotatable bonds is 5. The quantitative estimate of drug-likeness (QED) is 0.487. The van der Waals surface area contributed by atoms with E-state index in [0.29, 0.717) is 12.1 Å². The summed E-state index contributed by atoms with van der Waals surface area (Å²) < 4.78 is 70.0. The Bertz CT molecular complexity index is 854. The minimum atomic E-state index is -4.97. The van der Waals surface area contributed by atoms with Crippen LogP contribution in [0.4, 0.5) is 33.3 Å². The van der Waals surface area contributed by atoms with Crippen molar-refractivity contribution in [2.24, 2.45) is 0 Å². The van der Waals surface area contributed by atoms with Crippen molar-refractivity contribution in [1.82, 2.24) is 0 Å².